The van der Waals surface area contributed by atoms with Gasteiger partial charge in [0.05, 0.1) is 17.0 Å². The zero-order valence-electron chi connectivity index (χ0n) is 18.8. The van der Waals surface area contributed by atoms with Gasteiger partial charge in [0.1, 0.15) is 6.04 Å². The van der Waals surface area contributed by atoms with E-state index in [0.29, 0.717) is 17.3 Å². The number of imide groups is 1. The van der Waals surface area contributed by atoms with Gasteiger partial charge in [-0.3, -0.25) is 14.4 Å². The van der Waals surface area contributed by atoms with E-state index in [0.717, 1.165) is 14.8 Å². The summed E-state index contributed by atoms with van der Waals surface area (Å²) in [6, 6.07) is 11.5. The molecule has 0 radical (unpaired) electrons. The number of nitrogens with one attached hydrogen (secondary N) is 1. The van der Waals surface area contributed by atoms with Gasteiger partial charge >= 0.3 is 0 Å². The molecule has 1 aliphatic heterocycles. The van der Waals surface area contributed by atoms with Crippen molar-refractivity contribution in [2.75, 3.05) is 16.8 Å². The Bertz CT molecular complexity index is 1170. The van der Waals surface area contributed by atoms with Crippen molar-refractivity contribution in [1.82, 2.24) is 4.31 Å². The molecule has 3 amide bonds. The van der Waals surface area contributed by atoms with E-state index in [4.69, 9.17) is 0 Å². The smallest absolute Gasteiger partial charge is 0.252 e. The van der Waals surface area contributed by atoms with Crippen LogP contribution in [0.3, 0.4) is 0 Å². The first-order chi connectivity index (χ1) is 15.6. The molecule has 1 aliphatic rings. The minimum absolute atomic E-state index is 0.0570. The summed E-state index contributed by atoms with van der Waals surface area (Å²) in [4.78, 5) is 38.2. The van der Waals surface area contributed by atoms with Gasteiger partial charge in [-0.15, -0.1) is 6.58 Å². The molecule has 0 bridgehead atoms. The van der Waals surface area contributed by atoms with Crippen molar-refractivity contribution < 1.29 is 22.8 Å². The molecule has 3 rings (SSSR count). The number of sulfonamides is 1. The van der Waals surface area contributed by atoms with Gasteiger partial charge in [-0.2, -0.15) is 4.31 Å². The fourth-order valence-corrected chi connectivity index (χ4v) is 5.24. The van der Waals surface area contributed by atoms with Gasteiger partial charge in [-0.1, -0.05) is 32.1 Å². The summed E-state index contributed by atoms with van der Waals surface area (Å²) in [5.41, 5.74) is 1.92. The molecule has 8 nitrogen and oxygen atoms in total. The van der Waals surface area contributed by atoms with Crippen LogP contribution in [0.5, 0.6) is 0 Å². The van der Waals surface area contributed by atoms with Crippen molar-refractivity contribution in [3.05, 3.63) is 66.7 Å². The zero-order valence-corrected chi connectivity index (χ0v) is 19.6. The van der Waals surface area contributed by atoms with Gasteiger partial charge in [0.2, 0.25) is 21.8 Å². The summed E-state index contributed by atoms with van der Waals surface area (Å²) >= 11 is 0. The quantitative estimate of drug-likeness (QED) is 0.472. The number of amides is 3. The molecule has 1 atom stereocenters. The lowest BCUT2D eigenvalue weighted by Gasteiger charge is -2.26. The number of rotatable bonds is 8. The van der Waals surface area contributed by atoms with Crippen LogP contribution < -0.4 is 10.2 Å². The molecule has 2 aromatic carbocycles. The molecule has 33 heavy (non-hydrogen) atoms. The number of anilines is 2. The SMILES string of the molecule is C=CCN(C1CC(=O)N(c2ccc(C(C)C)cc2)C1=O)S(=O)(=O)c1ccc(NC(C)=O)cc1. The van der Waals surface area contributed by atoms with Gasteiger partial charge in [0.15, 0.2) is 0 Å². The monoisotopic (exact) mass is 469 g/mol. The number of hydrogen-bond acceptors (Lipinski definition) is 5. The molecular formula is C24H27N3O5S. The highest BCUT2D eigenvalue weighted by Crippen LogP contribution is 2.30. The molecule has 0 aliphatic carbocycles. The molecule has 1 heterocycles. The first-order valence-corrected chi connectivity index (χ1v) is 12.0. The van der Waals surface area contributed by atoms with Crippen molar-refractivity contribution in [3.8, 4) is 0 Å². The van der Waals surface area contributed by atoms with E-state index in [1.807, 2.05) is 26.0 Å². The highest BCUT2D eigenvalue weighted by Gasteiger charge is 2.46. The molecule has 0 saturated carbocycles. The fourth-order valence-electron chi connectivity index (χ4n) is 3.69. The van der Waals surface area contributed by atoms with Crippen LogP contribution in [0.4, 0.5) is 11.4 Å². The Kier molecular flexibility index (Phi) is 7.14. The zero-order chi connectivity index (χ0) is 24.3. The first kappa shape index (κ1) is 24.3. The second-order valence-corrected chi connectivity index (χ2v) is 9.99. The van der Waals surface area contributed by atoms with Crippen LogP contribution in [0, 0.1) is 0 Å². The molecule has 0 aromatic heterocycles. The molecule has 0 spiro atoms. The average Bonchev–Trinajstić information content (AvgIpc) is 3.05. The minimum Gasteiger partial charge on any atom is -0.326 e. The van der Waals surface area contributed by atoms with Crippen LogP contribution in [0.2, 0.25) is 0 Å². The molecule has 2 aromatic rings. The van der Waals surface area contributed by atoms with Gasteiger partial charge < -0.3 is 5.32 Å². The average molecular weight is 470 g/mol. The number of hydrogen-bond donors (Lipinski definition) is 1. The van der Waals surface area contributed by atoms with E-state index in [1.54, 1.807) is 12.1 Å². The van der Waals surface area contributed by atoms with Crippen LogP contribution in [-0.2, 0) is 24.4 Å². The van der Waals surface area contributed by atoms with Gasteiger partial charge in [0, 0.05) is 19.2 Å². The highest BCUT2D eigenvalue weighted by atomic mass is 32.2. The van der Waals surface area contributed by atoms with Crippen molar-refractivity contribution in [1.29, 1.82) is 0 Å². The summed E-state index contributed by atoms with van der Waals surface area (Å²) in [7, 11) is -4.12. The molecule has 174 valence electrons. The van der Waals surface area contributed by atoms with E-state index in [1.165, 1.54) is 37.3 Å². The lowest BCUT2D eigenvalue weighted by molar-refractivity contribution is -0.122. The van der Waals surface area contributed by atoms with E-state index >= 15 is 0 Å². The summed E-state index contributed by atoms with van der Waals surface area (Å²) in [5, 5.41) is 2.57. The molecule has 9 heteroatoms. The Morgan fingerprint density at radius 2 is 1.76 bits per heavy atom. The van der Waals surface area contributed by atoms with Crippen molar-refractivity contribution in [2.45, 2.75) is 44.0 Å². The lowest BCUT2D eigenvalue weighted by atomic mass is 10.0. The maximum atomic E-state index is 13.4. The number of benzene rings is 2. The number of carbonyl (C=O) groups excluding carboxylic acids is 3. The van der Waals surface area contributed by atoms with Gasteiger partial charge in [-0.25, -0.2) is 13.3 Å². The van der Waals surface area contributed by atoms with Crippen molar-refractivity contribution >= 4 is 39.1 Å². The van der Waals surface area contributed by atoms with E-state index in [2.05, 4.69) is 11.9 Å². The Labute approximate surface area is 193 Å². The summed E-state index contributed by atoms with van der Waals surface area (Å²) in [6.45, 7) is 8.90. The highest BCUT2D eigenvalue weighted by molar-refractivity contribution is 7.89. The summed E-state index contributed by atoms with van der Waals surface area (Å²) in [6.07, 6.45) is 1.11. The minimum atomic E-state index is -4.12. The van der Waals surface area contributed by atoms with E-state index < -0.39 is 27.9 Å². The van der Waals surface area contributed by atoms with Gasteiger partial charge in [-0.05, 0) is 47.9 Å². The molecule has 1 unspecified atom stereocenters. The number of carbonyl (C=O) groups is 3. The molecular weight excluding hydrogens is 442 g/mol. The number of nitrogens with zero attached hydrogens (tertiary/aromatic N) is 2. The van der Waals surface area contributed by atoms with Crippen LogP contribution in [-0.4, -0.2) is 43.0 Å². The van der Waals surface area contributed by atoms with E-state index in [9.17, 15) is 22.8 Å². The van der Waals surface area contributed by atoms with Crippen LogP contribution in [0.1, 0.15) is 38.7 Å². The maximum Gasteiger partial charge on any atom is 0.252 e. The van der Waals surface area contributed by atoms with Crippen LogP contribution in [0.15, 0.2) is 66.1 Å². The molecule has 1 N–H and O–H groups in total. The third-order valence-electron chi connectivity index (χ3n) is 5.38. The third kappa shape index (κ3) is 5.04. The lowest BCUT2D eigenvalue weighted by Crippen LogP contribution is -2.45. The standard InChI is InChI=1S/C24H27N3O5S/c1-5-14-26(33(31,32)21-12-8-19(9-13-21)25-17(4)28)22-15-23(29)27(24(22)30)20-10-6-18(7-11-20)16(2)3/h5-13,16,22H,1,14-15H2,2-4H3,(H,25,28). The third-order valence-corrected chi connectivity index (χ3v) is 7.27. The summed E-state index contributed by atoms with van der Waals surface area (Å²) < 4.78 is 27.7. The topological polar surface area (TPSA) is 104 Å². The second-order valence-electron chi connectivity index (χ2n) is 8.10. The summed E-state index contributed by atoms with van der Waals surface area (Å²) in [5.74, 6) is -1.05. The molecule has 1 saturated heterocycles. The second kappa shape index (κ2) is 9.68. The first-order valence-electron chi connectivity index (χ1n) is 10.5. The predicted molar refractivity (Wildman–Crippen MR) is 126 cm³/mol. The fraction of sp³-hybridized carbons (Fsp3) is 0.292. The molecule has 1 fully saturated rings. The Morgan fingerprint density at radius 3 is 2.27 bits per heavy atom. The Balaban J connectivity index is 1.91. The van der Waals surface area contributed by atoms with Crippen molar-refractivity contribution in [2.24, 2.45) is 0 Å². The van der Waals surface area contributed by atoms with Crippen LogP contribution >= 0.6 is 0 Å². The Morgan fingerprint density at radius 1 is 1.15 bits per heavy atom. The largest absolute Gasteiger partial charge is 0.326 e. The predicted octanol–water partition coefficient (Wildman–Crippen LogP) is 3.28. The van der Waals surface area contributed by atoms with Crippen LogP contribution in [0.25, 0.3) is 0 Å². The maximum absolute atomic E-state index is 13.4. The van der Waals surface area contributed by atoms with Crippen molar-refractivity contribution in [3.63, 3.8) is 0 Å². The normalized spacial score (nSPS) is 16.5. The Hall–Kier alpha value is -3.30. The van der Waals surface area contributed by atoms with E-state index in [-0.39, 0.29) is 23.8 Å². The van der Waals surface area contributed by atoms with Gasteiger partial charge in [0.25, 0.3) is 5.91 Å².